The Balaban J connectivity index is 1.38. The zero-order chi connectivity index (χ0) is 37.6. The van der Waals surface area contributed by atoms with Crippen molar-refractivity contribution in [1.29, 1.82) is 0 Å². The molecule has 1 atom stereocenters. The van der Waals surface area contributed by atoms with Crippen molar-refractivity contribution in [2.45, 2.75) is 71.6 Å². The molecule has 14 nitrogen and oxygen atoms in total. The van der Waals surface area contributed by atoms with Crippen LogP contribution in [0.3, 0.4) is 0 Å². The van der Waals surface area contributed by atoms with Gasteiger partial charge in [-0.05, 0) is 63.8 Å². The number of hydrogen-bond acceptors (Lipinski definition) is 12. The molecule has 5 rings (SSSR count). The summed E-state index contributed by atoms with van der Waals surface area (Å²) in [6.45, 7) is 6.29. The number of piperidine rings is 1. The van der Waals surface area contributed by atoms with Crippen molar-refractivity contribution in [1.82, 2.24) is 15.0 Å². The van der Waals surface area contributed by atoms with Gasteiger partial charge >= 0.3 is 24.2 Å². The number of carboxylic acid groups (broad SMARTS) is 2. The van der Waals surface area contributed by atoms with Crippen LogP contribution in [0, 0.1) is 11.2 Å². The number of carboxylic acids is 2. The van der Waals surface area contributed by atoms with Gasteiger partial charge in [-0.25, -0.2) is 14.0 Å². The van der Waals surface area contributed by atoms with E-state index >= 15 is 0 Å². The first kappa shape index (κ1) is 37.4. The number of carbonyl (C=O) groups is 4. The van der Waals surface area contributed by atoms with Crippen molar-refractivity contribution in [3.63, 3.8) is 0 Å². The maximum absolute atomic E-state index is 15.0. The van der Waals surface area contributed by atoms with Crippen molar-refractivity contribution in [3.8, 4) is 34.0 Å². The molecule has 2 N–H and O–H groups in total. The molecule has 15 heteroatoms. The molecule has 52 heavy (non-hydrogen) atoms. The molecule has 3 aromatic carbocycles. The monoisotopic (exact) mass is 719 g/mol. The minimum atomic E-state index is -2.26. The highest BCUT2D eigenvalue weighted by molar-refractivity contribution is 5.98. The molecule has 0 radical (unpaired) electrons. The van der Waals surface area contributed by atoms with Crippen LogP contribution in [0.2, 0.25) is 0 Å². The Morgan fingerprint density at radius 3 is 2.00 bits per heavy atom. The third-order valence-electron chi connectivity index (χ3n) is 8.40. The predicted octanol–water partition coefficient (Wildman–Crippen LogP) is 6.78. The molecule has 1 fully saturated rings. The Morgan fingerprint density at radius 2 is 1.44 bits per heavy atom. The Kier molecular flexibility index (Phi) is 11.5. The highest BCUT2D eigenvalue weighted by Crippen LogP contribution is 2.39. The number of halogens is 1. The summed E-state index contributed by atoms with van der Waals surface area (Å²) in [5.74, 6) is -3.26. The lowest BCUT2D eigenvalue weighted by Crippen LogP contribution is -2.58. The van der Waals surface area contributed by atoms with E-state index in [9.17, 15) is 33.8 Å². The molecule has 2 heterocycles. The van der Waals surface area contributed by atoms with Crippen LogP contribution >= 0.6 is 0 Å². The quantitative estimate of drug-likeness (QED) is 0.0886. The van der Waals surface area contributed by atoms with Crippen LogP contribution in [0.15, 0.2) is 77.3 Å². The van der Waals surface area contributed by atoms with E-state index in [1.54, 1.807) is 69.0 Å². The summed E-state index contributed by atoms with van der Waals surface area (Å²) >= 11 is 0. The normalized spacial score (nSPS) is 15.7. The topological polar surface area (TPSA) is 188 Å². The molecule has 1 unspecified atom stereocenters. The molecule has 0 bridgehead atoms. The third-order valence-corrected chi connectivity index (χ3v) is 8.40. The number of nitrogens with zero attached hydrogens (tertiary/aromatic N) is 3. The lowest BCUT2D eigenvalue weighted by molar-refractivity contribution is -0.184. The Hall–Kier alpha value is -5.83. The van der Waals surface area contributed by atoms with E-state index in [1.807, 2.05) is 30.3 Å². The fraction of sp³-hybridized carbons (Fsp3) is 0.351. The SMILES string of the molecule is CC(C)OC(=O)OC(OC(=O)OC(C)C)C1CC(C(=O)O)(C(=O)O)CCN1Cc1ccc(-c2noc(-c3ccc(-c4ccccc4)c(F)c3)n2)cc1. The van der Waals surface area contributed by atoms with Gasteiger partial charge in [0.1, 0.15) is 5.82 Å². The van der Waals surface area contributed by atoms with Gasteiger partial charge in [0, 0.05) is 29.8 Å². The fourth-order valence-electron chi connectivity index (χ4n) is 5.80. The lowest BCUT2D eigenvalue weighted by Gasteiger charge is -2.44. The molecule has 0 amide bonds. The minimum absolute atomic E-state index is 0.0828. The Morgan fingerprint density at radius 1 is 0.846 bits per heavy atom. The fourth-order valence-corrected chi connectivity index (χ4v) is 5.80. The molecule has 1 aromatic heterocycles. The summed E-state index contributed by atoms with van der Waals surface area (Å²) in [6, 6.07) is 19.4. The van der Waals surface area contributed by atoms with Gasteiger partial charge in [-0.15, -0.1) is 0 Å². The smallest absolute Gasteiger partial charge is 0.480 e. The number of likely N-dealkylation sites (tertiary alicyclic amines) is 1. The van der Waals surface area contributed by atoms with Gasteiger partial charge in [0.25, 0.3) is 12.2 Å². The predicted molar refractivity (Wildman–Crippen MR) is 181 cm³/mol. The molecule has 0 saturated carbocycles. The average molecular weight is 720 g/mol. The van der Waals surface area contributed by atoms with E-state index < -0.39 is 66.4 Å². The van der Waals surface area contributed by atoms with Crippen molar-refractivity contribution in [3.05, 3.63) is 84.2 Å². The van der Waals surface area contributed by atoms with Gasteiger partial charge < -0.3 is 33.7 Å². The van der Waals surface area contributed by atoms with E-state index in [1.165, 1.54) is 6.07 Å². The number of benzene rings is 3. The zero-order valence-electron chi connectivity index (χ0n) is 28.9. The molecule has 0 spiro atoms. The standard InChI is InChI=1S/C37H38FN3O11/c1-21(2)48-35(46)50-32(51-36(47)49-22(3)4)29-19-37(33(42)43,34(44)45)16-17-41(29)20-23-10-12-25(13-11-23)30-39-31(52-40-30)26-14-15-27(28(38)18-26)24-8-6-5-7-9-24/h5-15,18,21-22,29,32H,16-17,19-20H2,1-4H3,(H,42,43)(H,44,45). The molecule has 1 saturated heterocycles. The molecular weight excluding hydrogens is 681 g/mol. The maximum Gasteiger partial charge on any atom is 0.511 e. The van der Waals surface area contributed by atoms with Crippen LogP contribution in [0.1, 0.15) is 46.1 Å². The lowest BCUT2D eigenvalue weighted by atomic mass is 9.74. The van der Waals surface area contributed by atoms with Crippen molar-refractivity contribution >= 4 is 24.2 Å². The Bertz CT molecular complexity index is 1860. The minimum Gasteiger partial charge on any atom is -0.480 e. The number of ether oxygens (including phenoxy) is 4. The summed E-state index contributed by atoms with van der Waals surface area (Å²) < 4.78 is 41.3. The van der Waals surface area contributed by atoms with Crippen LogP contribution in [-0.4, -0.2) is 80.6 Å². The first-order valence-corrected chi connectivity index (χ1v) is 16.5. The highest BCUT2D eigenvalue weighted by Gasteiger charge is 2.55. The number of hydrogen-bond donors (Lipinski definition) is 2. The number of rotatable bonds is 12. The third kappa shape index (κ3) is 8.72. The van der Waals surface area contributed by atoms with Gasteiger partial charge in [0.15, 0.2) is 5.41 Å². The molecule has 274 valence electrons. The summed E-state index contributed by atoms with van der Waals surface area (Å²) in [5, 5.41) is 24.1. The van der Waals surface area contributed by atoms with Crippen LogP contribution < -0.4 is 0 Å². The van der Waals surface area contributed by atoms with Crippen LogP contribution in [-0.2, 0) is 35.1 Å². The number of carbonyl (C=O) groups excluding carboxylic acids is 2. The van der Waals surface area contributed by atoms with Crippen LogP contribution in [0.25, 0.3) is 34.0 Å². The molecule has 1 aliphatic heterocycles. The van der Waals surface area contributed by atoms with Crippen LogP contribution in [0.5, 0.6) is 0 Å². The number of aliphatic carboxylic acids is 2. The molecular formula is C37H38FN3O11. The van der Waals surface area contributed by atoms with Gasteiger partial charge in [-0.1, -0.05) is 65.8 Å². The summed E-state index contributed by atoms with van der Waals surface area (Å²) in [7, 11) is 0. The van der Waals surface area contributed by atoms with E-state index in [2.05, 4.69) is 10.1 Å². The second kappa shape index (κ2) is 16.0. The van der Waals surface area contributed by atoms with Crippen molar-refractivity contribution < 1.29 is 57.3 Å². The number of aromatic nitrogens is 2. The van der Waals surface area contributed by atoms with E-state index in [0.717, 1.165) is 5.56 Å². The van der Waals surface area contributed by atoms with E-state index in [0.29, 0.717) is 22.3 Å². The van der Waals surface area contributed by atoms with Crippen molar-refractivity contribution in [2.24, 2.45) is 5.41 Å². The Labute approximate surface area is 298 Å². The second-order valence-electron chi connectivity index (χ2n) is 12.8. The molecule has 0 aliphatic carbocycles. The largest absolute Gasteiger partial charge is 0.511 e. The first-order chi connectivity index (χ1) is 24.7. The maximum atomic E-state index is 15.0. The molecule has 4 aromatic rings. The first-order valence-electron chi connectivity index (χ1n) is 16.5. The van der Waals surface area contributed by atoms with E-state index in [4.69, 9.17) is 23.5 Å². The van der Waals surface area contributed by atoms with Gasteiger partial charge in [0.05, 0.1) is 18.2 Å². The second-order valence-corrected chi connectivity index (χ2v) is 12.8. The van der Waals surface area contributed by atoms with Crippen LogP contribution in [0.4, 0.5) is 14.0 Å². The summed E-state index contributed by atoms with van der Waals surface area (Å²) in [5.41, 5.74) is 0.556. The summed E-state index contributed by atoms with van der Waals surface area (Å²) in [4.78, 5) is 56.0. The van der Waals surface area contributed by atoms with Gasteiger partial charge in [-0.2, -0.15) is 4.98 Å². The van der Waals surface area contributed by atoms with Crippen molar-refractivity contribution in [2.75, 3.05) is 6.54 Å². The highest BCUT2D eigenvalue weighted by atomic mass is 19.1. The van der Waals surface area contributed by atoms with Gasteiger partial charge in [0.2, 0.25) is 5.82 Å². The average Bonchev–Trinajstić information content (AvgIpc) is 3.58. The zero-order valence-corrected chi connectivity index (χ0v) is 28.9. The van der Waals surface area contributed by atoms with Gasteiger partial charge in [-0.3, -0.25) is 14.5 Å². The summed E-state index contributed by atoms with van der Waals surface area (Å²) in [6.07, 6.45) is -6.29. The van der Waals surface area contributed by atoms with E-state index in [-0.39, 0.29) is 31.2 Å². The molecule has 1 aliphatic rings.